The van der Waals surface area contributed by atoms with Gasteiger partial charge >= 0.3 is 23.9 Å². The Hall–Kier alpha value is -5.07. The number of ether oxygens (including phenoxy) is 4. The molecule has 12 heteroatoms. The number of hydrogen-bond donors (Lipinski definition) is 2. The molecule has 260 valence electrons. The van der Waals surface area contributed by atoms with E-state index in [1.807, 2.05) is 0 Å². The number of piperidine rings is 1. The van der Waals surface area contributed by atoms with Crippen molar-refractivity contribution in [3.05, 3.63) is 95.1 Å². The van der Waals surface area contributed by atoms with Crippen molar-refractivity contribution < 1.29 is 53.1 Å². The summed E-state index contributed by atoms with van der Waals surface area (Å²) in [6.07, 6.45) is -1.98. The molecule has 0 saturated carbocycles. The normalized spacial score (nSPS) is 18.0. The maximum Gasteiger partial charge on any atom is 0.348 e. The minimum atomic E-state index is -2.38. The van der Waals surface area contributed by atoms with E-state index in [9.17, 15) is 29.1 Å². The number of aliphatic hydroxyl groups is 1. The highest BCUT2D eigenvalue weighted by Crippen LogP contribution is 2.42. The van der Waals surface area contributed by atoms with E-state index in [2.05, 4.69) is 40.4 Å². The predicted octanol–water partition coefficient (Wildman–Crippen LogP) is 4.28. The number of aliphatic carboxylic acids is 1. The van der Waals surface area contributed by atoms with Crippen LogP contribution in [0.4, 0.5) is 0 Å². The molecule has 12 nitrogen and oxygen atoms in total. The molecule has 0 radical (unpaired) electrons. The summed E-state index contributed by atoms with van der Waals surface area (Å²) in [5.74, 6) is -2.73. The fourth-order valence-corrected chi connectivity index (χ4v) is 5.97. The van der Waals surface area contributed by atoms with Gasteiger partial charge in [-0.15, -0.1) is 0 Å². The lowest BCUT2D eigenvalue weighted by molar-refractivity contribution is -0.166. The van der Waals surface area contributed by atoms with E-state index in [1.54, 1.807) is 26.4 Å². The maximum atomic E-state index is 12.6. The summed E-state index contributed by atoms with van der Waals surface area (Å²) < 4.78 is 20.0. The largest absolute Gasteiger partial charge is 0.493 e. The van der Waals surface area contributed by atoms with Gasteiger partial charge in [0.15, 0.2) is 11.5 Å². The van der Waals surface area contributed by atoms with Gasteiger partial charge < -0.3 is 29.2 Å². The first-order chi connectivity index (χ1) is 23.4. The first-order valence-electron chi connectivity index (χ1n) is 15.9. The van der Waals surface area contributed by atoms with Crippen LogP contribution in [0.3, 0.4) is 0 Å². The molecule has 0 spiro atoms. The molecule has 2 heterocycles. The highest BCUT2D eigenvalue weighted by molar-refractivity contribution is 5.99. The number of Topliss-reactive ketones (excluding diaryl/α,β-unsaturated/α-hetero) is 1. The lowest BCUT2D eigenvalue weighted by Gasteiger charge is -2.43. The highest BCUT2D eigenvalue weighted by atomic mass is 16.6. The zero-order valence-corrected chi connectivity index (χ0v) is 27.9. The number of carboxylic acid groups (broad SMARTS) is 1. The number of rotatable bonds is 10. The molecule has 2 aliphatic heterocycles. The first-order valence-corrected chi connectivity index (χ1v) is 15.9. The average Bonchev–Trinajstić information content (AvgIpc) is 3.10. The van der Waals surface area contributed by atoms with Gasteiger partial charge in [0.05, 0.1) is 25.3 Å². The molecule has 1 fully saturated rings. The summed E-state index contributed by atoms with van der Waals surface area (Å²) in [7, 11) is 3.33. The van der Waals surface area contributed by atoms with Crippen molar-refractivity contribution in [2.75, 3.05) is 27.3 Å². The molecule has 1 saturated heterocycles. The van der Waals surface area contributed by atoms with Crippen molar-refractivity contribution in [3.63, 3.8) is 0 Å². The number of ketones is 1. The van der Waals surface area contributed by atoms with Crippen LogP contribution < -0.4 is 9.47 Å². The van der Waals surface area contributed by atoms with Gasteiger partial charge in [-0.1, -0.05) is 50.2 Å². The Morgan fingerprint density at radius 2 is 1.45 bits per heavy atom. The van der Waals surface area contributed by atoms with E-state index in [4.69, 9.17) is 14.6 Å². The van der Waals surface area contributed by atoms with Crippen molar-refractivity contribution in [1.29, 1.82) is 0 Å². The highest BCUT2D eigenvalue weighted by Gasteiger charge is 2.39. The molecule has 0 aromatic heterocycles. The number of aliphatic hydroxyl groups excluding tert-OH is 1. The second-order valence-electron chi connectivity index (χ2n) is 12.2. The zero-order chi connectivity index (χ0) is 35.7. The Balaban J connectivity index is 0.000000222. The Bertz CT molecular complexity index is 1640. The topological polar surface area (TPSA) is 166 Å². The summed E-state index contributed by atoms with van der Waals surface area (Å²) in [5.41, 5.74) is 2.59. The summed E-state index contributed by atoms with van der Waals surface area (Å²) >= 11 is 0. The number of benzene rings is 3. The van der Waals surface area contributed by atoms with E-state index in [0.717, 1.165) is 37.4 Å². The molecule has 2 aliphatic rings. The number of hydrogen-bond acceptors (Lipinski definition) is 11. The van der Waals surface area contributed by atoms with E-state index in [0.29, 0.717) is 18.1 Å². The predicted molar refractivity (Wildman–Crippen MR) is 176 cm³/mol. The molecule has 49 heavy (non-hydrogen) atoms. The van der Waals surface area contributed by atoms with Crippen molar-refractivity contribution in [2.45, 2.75) is 51.4 Å². The lowest BCUT2D eigenvalue weighted by atomic mass is 9.80. The smallest absolute Gasteiger partial charge is 0.348 e. The molecule has 5 rings (SSSR count). The second kappa shape index (κ2) is 16.8. The fourth-order valence-electron chi connectivity index (χ4n) is 5.97. The Morgan fingerprint density at radius 3 is 2.00 bits per heavy atom. The number of methoxy groups -OCH3 is 2. The Morgan fingerprint density at radius 1 is 0.878 bits per heavy atom. The monoisotopic (exact) mass is 675 g/mol. The third-order valence-electron chi connectivity index (χ3n) is 8.39. The van der Waals surface area contributed by atoms with Crippen molar-refractivity contribution in [3.8, 4) is 11.5 Å². The van der Waals surface area contributed by atoms with Gasteiger partial charge in [0.2, 0.25) is 12.2 Å². The van der Waals surface area contributed by atoms with Crippen LogP contribution in [0.5, 0.6) is 11.5 Å². The van der Waals surface area contributed by atoms with E-state index >= 15 is 0 Å². The summed E-state index contributed by atoms with van der Waals surface area (Å²) in [5, 5.41) is 19.0. The van der Waals surface area contributed by atoms with Crippen LogP contribution in [0.25, 0.3) is 0 Å². The molecular formula is C37H41NO11. The van der Waals surface area contributed by atoms with Crippen molar-refractivity contribution in [1.82, 2.24) is 4.90 Å². The van der Waals surface area contributed by atoms with Crippen LogP contribution in [-0.4, -0.2) is 84.3 Å². The Labute approximate surface area is 284 Å². The minimum Gasteiger partial charge on any atom is -0.493 e. The number of carbonyl (C=O) groups excluding carboxylic acids is 4. The first kappa shape index (κ1) is 36.8. The van der Waals surface area contributed by atoms with Crippen molar-refractivity contribution in [2.24, 2.45) is 11.8 Å². The van der Waals surface area contributed by atoms with E-state index in [-0.39, 0.29) is 23.1 Å². The molecule has 3 aromatic rings. The summed E-state index contributed by atoms with van der Waals surface area (Å²) in [6, 6.07) is 19.2. The molecule has 4 atom stereocenters. The number of esters is 3. The SMILES string of the molecule is COc1cc2c(cc1OC)[C@H]1CC(=O)[C@H](CC(C)C)CN1CC2.O=C(OC(=O)C(O)C(OC(=O)c1ccccc1)C(=O)O)c1ccccc1. The van der Waals surface area contributed by atoms with Gasteiger partial charge in [-0.2, -0.15) is 0 Å². The van der Waals surface area contributed by atoms with Gasteiger partial charge in [-0.05, 0) is 66.3 Å². The van der Waals surface area contributed by atoms with Gasteiger partial charge in [0.25, 0.3) is 0 Å². The molecule has 2 N–H and O–H groups in total. The number of fused-ring (bicyclic) bond motifs is 3. The molecule has 0 bridgehead atoms. The van der Waals surface area contributed by atoms with Gasteiger partial charge in [0, 0.05) is 31.5 Å². The van der Waals surface area contributed by atoms with E-state index in [1.165, 1.54) is 59.7 Å². The third kappa shape index (κ3) is 9.30. The van der Waals surface area contributed by atoms with Crippen LogP contribution in [0.1, 0.15) is 64.6 Å². The average molecular weight is 676 g/mol. The molecule has 0 amide bonds. The van der Waals surface area contributed by atoms with Crippen LogP contribution in [0, 0.1) is 11.8 Å². The molecule has 0 aliphatic carbocycles. The molecular weight excluding hydrogens is 634 g/mol. The summed E-state index contributed by atoms with van der Waals surface area (Å²) in [6.45, 7) is 6.31. The van der Waals surface area contributed by atoms with Crippen LogP contribution >= 0.6 is 0 Å². The van der Waals surface area contributed by atoms with Gasteiger partial charge in [-0.25, -0.2) is 19.2 Å². The second-order valence-corrected chi connectivity index (χ2v) is 12.2. The van der Waals surface area contributed by atoms with Gasteiger partial charge in [0.1, 0.15) is 5.78 Å². The summed E-state index contributed by atoms with van der Waals surface area (Å²) in [4.78, 5) is 61.9. The fraction of sp³-hybridized carbons (Fsp3) is 0.378. The number of carbonyl (C=O) groups is 5. The minimum absolute atomic E-state index is 0.0275. The van der Waals surface area contributed by atoms with Crippen molar-refractivity contribution >= 4 is 29.7 Å². The third-order valence-corrected chi connectivity index (χ3v) is 8.39. The molecule has 2 unspecified atom stereocenters. The van der Waals surface area contributed by atoms with Gasteiger partial charge in [-0.3, -0.25) is 9.69 Å². The van der Waals surface area contributed by atoms with Crippen LogP contribution in [0.15, 0.2) is 72.8 Å². The van der Waals surface area contributed by atoms with Crippen LogP contribution in [0.2, 0.25) is 0 Å². The molecule has 3 aromatic carbocycles. The standard InChI is InChI=1S/C19H27NO3.C18H14O8/c1-12(2)7-14-11-20-6-5-13-8-18(22-3)19(23-4)9-15(13)16(20)10-17(14)21;19-13(18(24)26-17(23)12-9-5-2-6-10-12)14(15(20)21)25-16(22)11-7-3-1-4-8-11/h8-9,12,14,16H,5-7,10-11H2,1-4H3;1-10,13-14,19H,(H,20,21)/t14-,16-;/m1./s1. The number of nitrogens with zero attached hydrogens (tertiary/aromatic N) is 1. The quantitative estimate of drug-likeness (QED) is 0.232. The van der Waals surface area contributed by atoms with E-state index < -0.39 is 36.1 Å². The maximum absolute atomic E-state index is 12.6. The Kier molecular flexibility index (Phi) is 12.6. The zero-order valence-electron chi connectivity index (χ0n) is 27.9. The van der Waals surface area contributed by atoms with Crippen LogP contribution in [-0.2, 0) is 30.3 Å². The number of carboxylic acids is 1. The lowest BCUT2D eigenvalue weighted by Crippen LogP contribution is -2.46.